The number of amides is 1. The molecule has 0 heterocycles. The highest BCUT2D eigenvalue weighted by Gasteiger charge is 2.17. The van der Waals surface area contributed by atoms with Crippen molar-refractivity contribution in [3.63, 3.8) is 0 Å². The molecule has 3 heteroatoms. The molecule has 2 rings (SSSR count). The van der Waals surface area contributed by atoms with Crippen molar-refractivity contribution in [2.24, 2.45) is 0 Å². The fourth-order valence-electron chi connectivity index (χ4n) is 2.70. The van der Waals surface area contributed by atoms with Gasteiger partial charge < -0.3 is 4.74 Å². The van der Waals surface area contributed by atoms with Crippen LogP contribution in [0.1, 0.15) is 64.4 Å². The summed E-state index contributed by atoms with van der Waals surface area (Å²) in [5.74, 6) is 0.694. The topological polar surface area (TPSA) is 38.3 Å². The van der Waals surface area contributed by atoms with Gasteiger partial charge in [-0.05, 0) is 57.2 Å². The zero-order chi connectivity index (χ0) is 14.6. The van der Waals surface area contributed by atoms with E-state index < -0.39 is 11.7 Å². The monoisotopic (exact) mass is 275 g/mol. The van der Waals surface area contributed by atoms with Gasteiger partial charge in [-0.25, -0.2) is 4.79 Å². The van der Waals surface area contributed by atoms with Crippen molar-refractivity contribution < 1.29 is 9.53 Å². The van der Waals surface area contributed by atoms with E-state index in [9.17, 15) is 4.79 Å². The van der Waals surface area contributed by atoms with Gasteiger partial charge in [0.25, 0.3) is 0 Å². The second-order valence-electron chi connectivity index (χ2n) is 6.58. The quantitative estimate of drug-likeness (QED) is 0.817. The predicted molar refractivity (Wildman–Crippen MR) is 82.1 cm³/mol. The summed E-state index contributed by atoms with van der Waals surface area (Å²) < 4.78 is 5.24. The van der Waals surface area contributed by atoms with Crippen LogP contribution in [-0.4, -0.2) is 11.7 Å². The number of benzene rings is 1. The first-order chi connectivity index (χ1) is 9.44. The van der Waals surface area contributed by atoms with Crippen LogP contribution in [0.4, 0.5) is 10.5 Å². The molecule has 1 fully saturated rings. The van der Waals surface area contributed by atoms with Gasteiger partial charge in [0.2, 0.25) is 0 Å². The minimum atomic E-state index is -0.466. The average Bonchev–Trinajstić information content (AvgIpc) is 2.38. The van der Waals surface area contributed by atoms with Gasteiger partial charge in [-0.15, -0.1) is 0 Å². The summed E-state index contributed by atoms with van der Waals surface area (Å²) in [5, 5.41) is 2.77. The van der Waals surface area contributed by atoms with E-state index in [-0.39, 0.29) is 0 Å². The first kappa shape index (κ1) is 14.9. The van der Waals surface area contributed by atoms with Crippen LogP contribution in [0.3, 0.4) is 0 Å². The Hall–Kier alpha value is -1.51. The molecule has 1 aliphatic carbocycles. The van der Waals surface area contributed by atoms with Crippen LogP contribution in [0, 0.1) is 0 Å². The zero-order valence-corrected chi connectivity index (χ0v) is 12.7. The maximum atomic E-state index is 11.7. The van der Waals surface area contributed by atoms with Crippen LogP contribution in [-0.2, 0) is 4.74 Å². The molecule has 3 nitrogen and oxygen atoms in total. The van der Waals surface area contributed by atoms with Gasteiger partial charge in [0.15, 0.2) is 0 Å². The molecule has 0 spiro atoms. The number of hydrogen-bond donors (Lipinski definition) is 1. The number of carbonyl (C=O) groups is 1. The van der Waals surface area contributed by atoms with Crippen molar-refractivity contribution in [3.8, 4) is 0 Å². The molecular weight excluding hydrogens is 250 g/mol. The van der Waals surface area contributed by atoms with Crippen LogP contribution in [0.2, 0.25) is 0 Å². The van der Waals surface area contributed by atoms with E-state index in [0.29, 0.717) is 5.92 Å². The van der Waals surface area contributed by atoms with Crippen molar-refractivity contribution in [1.82, 2.24) is 0 Å². The molecule has 0 bridgehead atoms. The van der Waals surface area contributed by atoms with Gasteiger partial charge in [0, 0.05) is 5.69 Å². The molecule has 110 valence electrons. The highest BCUT2D eigenvalue weighted by molar-refractivity contribution is 5.84. The Morgan fingerprint density at radius 3 is 2.25 bits per heavy atom. The third kappa shape index (κ3) is 4.55. The van der Waals surface area contributed by atoms with Crippen LogP contribution < -0.4 is 5.32 Å². The maximum absolute atomic E-state index is 11.7. The van der Waals surface area contributed by atoms with E-state index >= 15 is 0 Å². The Morgan fingerprint density at radius 2 is 1.70 bits per heavy atom. The molecule has 1 aliphatic rings. The van der Waals surface area contributed by atoms with E-state index in [4.69, 9.17) is 4.74 Å². The third-order valence-corrected chi connectivity index (χ3v) is 3.63. The Morgan fingerprint density at radius 1 is 1.10 bits per heavy atom. The van der Waals surface area contributed by atoms with E-state index in [0.717, 1.165) is 5.69 Å². The Bertz CT molecular complexity index is 439. The third-order valence-electron chi connectivity index (χ3n) is 3.63. The fraction of sp³-hybridized carbons (Fsp3) is 0.588. The highest BCUT2D eigenvalue weighted by Crippen LogP contribution is 2.32. The lowest BCUT2D eigenvalue weighted by molar-refractivity contribution is 0.0636. The summed E-state index contributed by atoms with van der Waals surface area (Å²) in [4.78, 5) is 11.7. The lowest BCUT2D eigenvalue weighted by Crippen LogP contribution is -2.27. The molecule has 0 aromatic heterocycles. The first-order valence-electron chi connectivity index (χ1n) is 7.54. The smallest absolute Gasteiger partial charge is 0.412 e. The summed E-state index contributed by atoms with van der Waals surface area (Å²) >= 11 is 0. The number of carbonyl (C=O) groups excluding carboxylic acids is 1. The standard InChI is InChI=1S/C17H25NO2/c1-17(2,3)20-16(19)18-15-11-9-14(10-12-15)13-7-5-4-6-8-13/h9-13H,4-8H2,1-3H3,(H,18,19). The molecule has 0 saturated heterocycles. The summed E-state index contributed by atoms with van der Waals surface area (Å²) in [7, 11) is 0. The number of ether oxygens (including phenoxy) is 1. The molecule has 1 aromatic rings. The average molecular weight is 275 g/mol. The van der Waals surface area contributed by atoms with Crippen molar-refractivity contribution in [2.45, 2.75) is 64.4 Å². The molecule has 0 unspecified atom stereocenters. The summed E-state index contributed by atoms with van der Waals surface area (Å²) in [6, 6.07) is 8.19. The minimum absolute atomic E-state index is 0.400. The molecule has 1 N–H and O–H groups in total. The molecular formula is C17H25NO2. The Kier molecular flexibility index (Phi) is 4.69. The summed E-state index contributed by atoms with van der Waals surface area (Å²) in [6.45, 7) is 5.58. The summed E-state index contributed by atoms with van der Waals surface area (Å²) in [6.07, 6.45) is 6.22. The Labute approximate surface area is 121 Å². The van der Waals surface area contributed by atoms with Crippen LogP contribution in [0.5, 0.6) is 0 Å². The van der Waals surface area contributed by atoms with Gasteiger partial charge in [-0.2, -0.15) is 0 Å². The zero-order valence-electron chi connectivity index (χ0n) is 12.7. The van der Waals surface area contributed by atoms with Crippen molar-refractivity contribution in [2.75, 3.05) is 5.32 Å². The fourth-order valence-corrected chi connectivity index (χ4v) is 2.70. The lowest BCUT2D eigenvalue weighted by Gasteiger charge is -2.22. The molecule has 1 saturated carbocycles. The predicted octanol–water partition coefficient (Wildman–Crippen LogP) is 5.08. The number of rotatable bonds is 2. The van der Waals surface area contributed by atoms with Gasteiger partial charge in [-0.1, -0.05) is 31.4 Å². The second-order valence-corrected chi connectivity index (χ2v) is 6.58. The number of anilines is 1. The molecule has 0 aliphatic heterocycles. The van der Waals surface area contributed by atoms with E-state index in [2.05, 4.69) is 17.4 Å². The van der Waals surface area contributed by atoms with Gasteiger partial charge in [0.05, 0.1) is 0 Å². The van der Waals surface area contributed by atoms with Gasteiger partial charge in [-0.3, -0.25) is 5.32 Å². The molecule has 1 aromatic carbocycles. The molecule has 1 amide bonds. The molecule has 0 radical (unpaired) electrons. The SMILES string of the molecule is CC(C)(C)OC(=O)Nc1ccc(C2CCCCC2)cc1. The highest BCUT2D eigenvalue weighted by atomic mass is 16.6. The van der Waals surface area contributed by atoms with E-state index in [1.807, 2.05) is 32.9 Å². The second kappa shape index (κ2) is 6.29. The van der Waals surface area contributed by atoms with Gasteiger partial charge in [0.1, 0.15) is 5.60 Å². The van der Waals surface area contributed by atoms with Crippen LogP contribution >= 0.6 is 0 Å². The normalized spacial score (nSPS) is 16.8. The maximum Gasteiger partial charge on any atom is 0.412 e. The van der Waals surface area contributed by atoms with Gasteiger partial charge >= 0.3 is 6.09 Å². The largest absolute Gasteiger partial charge is 0.444 e. The number of hydrogen-bond acceptors (Lipinski definition) is 2. The van der Waals surface area contributed by atoms with Crippen molar-refractivity contribution in [3.05, 3.63) is 29.8 Å². The Balaban J connectivity index is 1.92. The molecule has 20 heavy (non-hydrogen) atoms. The van der Waals surface area contributed by atoms with Crippen molar-refractivity contribution >= 4 is 11.8 Å². The molecule has 0 atom stereocenters. The van der Waals surface area contributed by atoms with Crippen LogP contribution in [0.25, 0.3) is 0 Å². The minimum Gasteiger partial charge on any atom is -0.444 e. The van der Waals surface area contributed by atoms with Crippen LogP contribution in [0.15, 0.2) is 24.3 Å². The number of nitrogens with one attached hydrogen (secondary N) is 1. The summed E-state index contributed by atoms with van der Waals surface area (Å²) in [5.41, 5.74) is 1.71. The first-order valence-corrected chi connectivity index (χ1v) is 7.54. The van der Waals surface area contributed by atoms with Crippen molar-refractivity contribution in [1.29, 1.82) is 0 Å². The van der Waals surface area contributed by atoms with E-state index in [1.165, 1.54) is 37.7 Å². The lowest BCUT2D eigenvalue weighted by atomic mass is 9.84. The van der Waals surface area contributed by atoms with E-state index in [1.54, 1.807) is 0 Å².